The SMILES string of the molecule is O=C(OCC1O[C@@H](OC(=O)c2cc(O)c(O)c(O)c2)[C@@H](O)C(OC(=O)c2cc(O)c(O)c(O)c2)[C@@H]1O)c1cc(O)c(O)c(O)c1. The highest BCUT2D eigenvalue weighted by Gasteiger charge is 2.49. The van der Waals surface area contributed by atoms with Crippen molar-refractivity contribution in [2.24, 2.45) is 0 Å². The third-order valence-corrected chi connectivity index (χ3v) is 6.40. The molecule has 240 valence electrons. The number of benzene rings is 3. The Kier molecular flexibility index (Phi) is 8.84. The molecule has 1 aliphatic rings. The number of phenolic OH excluding ortho intramolecular Hbond substituents is 9. The highest BCUT2D eigenvalue weighted by Crippen LogP contribution is 2.38. The number of aromatic hydroxyl groups is 9. The first-order valence-electron chi connectivity index (χ1n) is 12.4. The first kappa shape index (κ1) is 32.1. The zero-order chi connectivity index (χ0) is 33.3. The number of hydrogen-bond acceptors (Lipinski definition) is 18. The largest absolute Gasteiger partial charge is 0.504 e. The molecule has 0 radical (unpaired) electrons. The monoisotopic (exact) mass is 636 g/mol. The van der Waals surface area contributed by atoms with Gasteiger partial charge in [0.1, 0.15) is 18.8 Å². The molecular weight excluding hydrogens is 612 g/mol. The van der Waals surface area contributed by atoms with Crippen molar-refractivity contribution in [3.63, 3.8) is 0 Å². The summed E-state index contributed by atoms with van der Waals surface area (Å²) in [6.45, 7) is -0.918. The number of rotatable bonds is 7. The zero-order valence-electron chi connectivity index (χ0n) is 22.3. The van der Waals surface area contributed by atoms with Gasteiger partial charge in [0.2, 0.25) is 6.29 Å². The minimum atomic E-state index is -2.19. The van der Waals surface area contributed by atoms with E-state index in [-0.39, 0.29) is 0 Å². The van der Waals surface area contributed by atoms with Crippen molar-refractivity contribution in [2.45, 2.75) is 30.7 Å². The lowest BCUT2D eigenvalue weighted by atomic mass is 9.98. The summed E-state index contributed by atoms with van der Waals surface area (Å²) < 4.78 is 20.6. The van der Waals surface area contributed by atoms with Gasteiger partial charge in [-0.1, -0.05) is 0 Å². The number of carbonyl (C=O) groups excluding carboxylic acids is 3. The van der Waals surface area contributed by atoms with Gasteiger partial charge in [0.25, 0.3) is 0 Å². The molecule has 0 spiro atoms. The minimum Gasteiger partial charge on any atom is -0.504 e. The van der Waals surface area contributed by atoms with Crippen molar-refractivity contribution in [3.8, 4) is 51.7 Å². The first-order chi connectivity index (χ1) is 21.1. The Morgan fingerprint density at radius 3 is 1.31 bits per heavy atom. The van der Waals surface area contributed by atoms with Gasteiger partial charge in [-0.25, -0.2) is 14.4 Å². The van der Waals surface area contributed by atoms with Gasteiger partial charge in [-0.15, -0.1) is 0 Å². The fraction of sp³-hybridized carbons (Fsp3) is 0.222. The topological polar surface area (TPSA) is 311 Å². The normalized spacial score (nSPS) is 21.1. The van der Waals surface area contributed by atoms with Crippen LogP contribution in [0.2, 0.25) is 0 Å². The van der Waals surface area contributed by atoms with Gasteiger partial charge >= 0.3 is 17.9 Å². The number of phenols is 9. The molecule has 0 aromatic heterocycles. The van der Waals surface area contributed by atoms with Crippen LogP contribution in [-0.4, -0.2) is 111 Å². The minimum absolute atomic E-state index is 0.474. The third-order valence-electron chi connectivity index (χ3n) is 6.40. The second-order valence-electron chi connectivity index (χ2n) is 9.49. The van der Waals surface area contributed by atoms with Crippen molar-refractivity contribution < 1.29 is 89.5 Å². The highest BCUT2D eigenvalue weighted by molar-refractivity contribution is 5.92. The van der Waals surface area contributed by atoms with Crippen LogP contribution in [0.4, 0.5) is 0 Å². The zero-order valence-corrected chi connectivity index (χ0v) is 22.3. The summed E-state index contributed by atoms with van der Waals surface area (Å²) in [6, 6.07) is 4.20. The number of aliphatic hydroxyl groups excluding tert-OH is 2. The molecule has 0 saturated carbocycles. The molecule has 1 fully saturated rings. The molecular formula is C27H24O18. The van der Waals surface area contributed by atoms with Crippen LogP contribution in [0, 0.1) is 0 Å². The van der Waals surface area contributed by atoms with Crippen molar-refractivity contribution in [1.82, 2.24) is 0 Å². The van der Waals surface area contributed by atoms with Gasteiger partial charge in [0, 0.05) is 0 Å². The van der Waals surface area contributed by atoms with Crippen LogP contribution in [0.25, 0.3) is 0 Å². The molecule has 1 heterocycles. The Hall–Kier alpha value is -5.85. The Labute approximate surface area is 249 Å². The van der Waals surface area contributed by atoms with Crippen LogP contribution in [0.15, 0.2) is 36.4 Å². The van der Waals surface area contributed by atoms with Crippen LogP contribution in [0.1, 0.15) is 31.1 Å². The maximum atomic E-state index is 12.8. The fourth-order valence-electron chi connectivity index (χ4n) is 4.05. The molecule has 0 amide bonds. The Bertz CT molecular complexity index is 1580. The van der Waals surface area contributed by atoms with E-state index in [1.54, 1.807) is 0 Å². The van der Waals surface area contributed by atoms with Crippen LogP contribution in [0.3, 0.4) is 0 Å². The van der Waals surface area contributed by atoms with Crippen LogP contribution >= 0.6 is 0 Å². The predicted octanol–water partition coefficient (Wildman–Crippen LogP) is -0.277. The smallest absolute Gasteiger partial charge is 0.340 e. The van der Waals surface area contributed by atoms with Gasteiger partial charge in [-0.2, -0.15) is 0 Å². The van der Waals surface area contributed by atoms with E-state index in [4.69, 9.17) is 18.9 Å². The molecule has 45 heavy (non-hydrogen) atoms. The molecule has 1 saturated heterocycles. The Morgan fingerprint density at radius 1 is 0.556 bits per heavy atom. The molecule has 1 aliphatic heterocycles. The summed E-state index contributed by atoms with van der Waals surface area (Å²) in [5.74, 6) is -12.3. The number of esters is 3. The molecule has 3 aromatic rings. The molecule has 11 N–H and O–H groups in total. The summed E-state index contributed by atoms with van der Waals surface area (Å²) in [5.41, 5.74) is -1.62. The summed E-state index contributed by atoms with van der Waals surface area (Å²) in [6.07, 6.45) is -10.2. The van der Waals surface area contributed by atoms with E-state index in [2.05, 4.69) is 0 Å². The molecule has 0 bridgehead atoms. The van der Waals surface area contributed by atoms with E-state index in [9.17, 15) is 70.6 Å². The lowest BCUT2D eigenvalue weighted by Crippen LogP contribution is -2.61. The van der Waals surface area contributed by atoms with E-state index in [0.717, 1.165) is 12.1 Å². The van der Waals surface area contributed by atoms with Crippen LogP contribution in [0.5, 0.6) is 51.7 Å². The number of aliphatic hydroxyl groups is 2. The van der Waals surface area contributed by atoms with E-state index in [1.807, 2.05) is 0 Å². The molecule has 2 unspecified atom stereocenters. The fourth-order valence-corrected chi connectivity index (χ4v) is 4.05. The highest BCUT2D eigenvalue weighted by atomic mass is 16.7. The molecule has 18 nitrogen and oxygen atoms in total. The molecule has 5 atom stereocenters. The third kappa shape index (κ3) is 6.56. The average Bonchev–Trinajstić information content (AvgIpc) is 2.99. The summed E-state index contributed by atoms with van der Waals surface area (Å²) in [7, 11) is 0. The van der Waals surface area contributed by atoms with Crippen LogP contribution < -0.4 is 0 Å². The van der Waals surface area contributed by atoms with Gasteiger partial charge in [-0.05, 0) is 36.4 Å². The van der Waals surface area contributed by atoms with Crippen molar-refractivity contribution in [2.75, 3.05) is 6.61 Å². The van der Waals surface area contributed by atoms with Gasteiger partial charge in [0.15, 0.2) is 64.0 Å². The van der Waals surface area contributed by atoms with Gasteiger partial charge in [0.05, 0.1) is 16.7 Å². The van der Waals surface area contributed by atoms with Gasteiger partial charge in [-0.3, -0.25) is 0 Å². The summed E-state index contributed by atoms with van der Waals surface area (Å²) in [5, 5.41) is 108. The first-order valence-corrected chi connectivity index (χ1v) is 12.4. The Morgan fingerprint density at radius 2 is 0.911 bits per heavy atom. The molecule has 18 heteroatoms. The second-order valence-corrected chi connectivity index (χ2v) is 9.49. The number of carbonyl (C=O) groups is 3. The molecule has 3 aromatic carbocycles. The second kappa shape index (κ2) is 12.4. The predicted molar refractivity (Wildman–Crippen MR) is 140 cm³/mol. The molecule has 0 aliphatic carbocycles. The summed E-state index contributed by atoms with van der Waals surface area (Å²) in [4.78, 5) is 38.1. The van der Waals surface area contributed by atoms with E-state index in [1.165, 1.54) is 0 Å². The van der Waals surface area contributed by atoms with E-state index < -0.39 is 124 Å². The lowest BCUT2D eigenvalue weighted by molar-refractivity contribution is -0.284. The maximum Gasteiger partial charge on any atom is 0.340 e. The molecule has 4 rings (SSSR count). The Balaban J connectivity index is 1.59. The van der Waals surface area contributed by atoms with E-state index in [0.29, 0.717) is 24.3 Å². The maximum absolute atomic E-state index is 12.8. The lowest BCUT2D eigenvalue weighted by Gasteiger charge is -2.41. The quantitative estimate of drug-likeness (QED) is 0.0902. The average molecular weight is 636 g/mol. The van der Waals surface area contributed by atoms with Crippen LogP contribution in [-0.2, 0) is 18.9 Å². The number of ether oxygens (including phenoxy) is 4. The number of hydrogen-bond donors (Lipinski definition) is 11. The summed E-state index contributed by atoms with van der Waals surface area (Å²) >= 11 is 0. The standard InChI is InChI=1S/C27H24O18/c28-11-1-8(2-12(29)18(11)34)24(39)42-7-17-21(37)23(44-25(40)9-3-13(30)19(35)14(31)4-9)22(38)27(43-17)45-26(41)10-5-15(32)20(36)16(33)6-10/h1-6,17,21-23,27-38H,7H2/t17?,21-,22+,23?,27+/m1/s1. The van der Waals surface area contributed by atoms with Crippen molar-refractivity contribution >= 4 is 17.9 Å². The van der Waals surface area contributed by atoms with Crippen molar-refractivity contribution in [3.05, 3.63) is 53.1 Å². The van der Waals surface area contributed by atoms with Gasteiger partial charge < -0.3 is 75.1 Å². The van der Waals surface area contributed by atoms with Crippen molar-refractivity contribution in [1.29, 1.82) is 0 Å². The van der Waals surface area contributed by atoms with E-state index >= 15 is 0 Å².